The molecule has 0 atom stereocenters. The van der Waals surface area contributed by atoms with E-state index in [4.69, 9.17) is 16.3 Å². The zero-order valence-electron chi connectivity index (χ0n) is 27.6. The molecule has 0 aliphatic rings. The van der Waals surface area contributed by atoms with Crippen molar-refractivity contribution in [2.75, 3.05) is 7.11 Å². The summed E-state index contributed by atoms with van der Waals surface area (Å²) in [6.45, 7) is 5.85. The van der Waals surface area contributed by atoms with Crippen LogP contribution in [0.25, 0.3) is 11.0 Å². The van der Waals surface area contributed by atoms with Crippen molar-refractivity contribution in [3.63, 3.8) is 0 Å². The number of nitrogens with zero attached hydrogens (tertiary/aromatic N) is 3. The number of rotatable bonds is 10. The van der Waals surface area contributed by atoms with Crippen LogP contribution in [0.4, 0.5) is 0 Å². The van der Waals surface area contributed by atoms with E-state index in [2.05, 4.69) is 15.2 Å². The topological polar surface area (TPSA) is 139 Å². The third-order valence-corrected chi connectivity index (χ3v) is 12.7. The van der Waals surface area contributed by atoms with Gasteiger partial charge in [-0.1, -0.05) is 41.9 Å². The number of hydrogen-bond donors (Lipinski definition) is 1. The molecule has 2 heterocycles. The van der Waals surface area contributed by atoms with Crippen LogP contribution < -0.4 is 4.74 Å². The molecule has 256 valence electrons. The van der Waals surface area contributed by atoms with Crippen molar-refractivity contribution in [1.29, 1.82) is 0 Å². The number of aromatic amines is 1. The van der Waals surface area contributed by atoms with Gasteiger partial charge in [0.2, 0.25) is 19.7 Å². The van der Waals surface area contributed by atoms with Crippen LogP contribution in [0, 0.1) is 20.8 Å². The third-order valence-electron chi connectivity index (χ3n) is 8.55. The van der Waals surface area contributed by atoms with Gasteiger partial charge in [0, 0.05) is 30.7 Å². The van der Waals surface area contributed by atoms with Crippen molar-refractivity contribution < 1.29 is 26.4 Å². The Balaban J connectivity index is 1.29. The lowest BCUT2D eigenvalue weighted by molar-refractivity contribution is 0.0729. The van der Waals surface area contributed by atoms with Crippen molar-refractivity contribution in [1.82, 2.24) is 20.1 Å². The van der Waals surface area contributed by atoms with Crippen LogP contribution in [0.1, 0.15) is 38.2 Å². The molecule has 0 radical (unpaired) electrons. The number of benzene rings is 4. The highest BCUT2D eigenvalue weighted by Crippen LogP contribution is 2.31. The Hall–Kier alpha value is -5.04. The minimum absolute atomic E-state index is 0.0383. The molecule has 13 heteroatoms. The second-order valence-corrected chi connectivity index (χ2v) is 16.2. The van der Waals surface area contributed by atoms with Gasteiger partial charge in [-0.15, -0.1) is 0 Å². The van der Waals surface area contributed by atoms with E-state index in [1.165, 1.54) is 43.6 Å². The molecule has 0 spiro atoms. The van der Waals surface area contributed by atoms with Crippen LogP contribution in [-0.2, 0) is 32.8 Å². The number of carbonyl (C=O) groups is 1. The van der Waals surface area contributed by atoms with E-state index in [1.807, 2.05) is 19.9 Å². The number of methoxy groups -OCH3 is 1. The summed E-state index contributed by atoms with van der Waals surface area (Å²) >= 11 is 6.28. The summed E-state index contributed by atoms with van der Waals surface area (Å²) in [5.74, 6) is 0.105. The molecule has 0 bridgehead atoms. The van der Waals surface area contributed by atoms with Gasteiger partial charge < -0.3 is 9.64 Å². The second kappa shape index (κ2) is 13.7. The molecule has 0 aliphatic carbocycles. The van der Waals surface area contributed by atoms with Crippen molar-refractivity contribution in [3.05, 3.63) is 136 Å². The van der Waals surface area contributed by atoms with Gasteiger partial charge in [-0.05, 0) is 97.1 Å². The van der Waals surface area contributed by atoms with E-state index in [0.717, 1.165) is 11.1 Å². The average molecular weight is 729 g/mol. The van der Waals surface area contributed by atoms with Crippen molar-refractivity contribution in [3.8, 4) is 5.75 Å². The average Bonchev–Trinajstić information content (AvgIpc) is 3.57. The molecule has 0 saturated heterocycles. The Morgan fingerprint density at radius 2 is 1.32 bits per heavy atom. The van der Waals surface area contributed by atoms with E-state index < -0.39 is 19.7 Å². The second-order valence-electron chi connectivity index (χ2n) is 12.0. The van der Waals surface area contributed by atoms with E-state index in [1.54, 1.807) is 66.6 Å². The first-order valence-corrected chi connectivity index (χ1v) is 18.8. The summed E-state index contributed by atoms with van der Waals surface area (Å²) in [6.07, 6.45) is 3.04. The Kier molecular flexibility index (Phi) is 9.54. The number of sulfone groups is 2. The van der Waals surface area contributed by atoms with Crippen molar-refractivity contribution >= 4 is 48.2 Å². The van der Waals surface area contributed by atoms with Gasteiger partial charge in [0.15, 0.2) is 5.65 Å². The molecular formula is C37H33ClN4O6S2. The van der Waals surface area contributed by atoms with E-state index in [9.17, 15) is 21.6 Å². The molecule has 1 amide bonds. The fraction of sp³-hybridized carbons (Fsp3) is 0.162. The highest BCUT2D eigenvalue weighted by molar-refractivity contribution is 7.92. The third kappa shape index (κ3) is 6.87. The van der Waals surface area contributed by atoms with Gasteiger partial charge in [-0.25, -0.2) is 21.8 Å². The summed E-state index contributed by atoms with van der Waals surface area (Å²) in [6, 6.07) is 22.3. The largest absolute Gasteiger partial charge is 0.497 e. The van der Waals surface area contributed by atoms with Crippen LogP contribution in [-0.4, -0.2) is 49.9 Å². The zero-order chi connectivity index (χ0) is 35.8. The van der Waals surface area contributed by atoms with Gasteiger partial charge in [0.25, 0.3) is 5.91 Å². The SMILES string of the molecule is COc1ccc(S(=O)(=O)c2ccc(CN(Cc3ccc(S(=O)(=O)c4cc(C)c(C)cc4C)cc3)C(=O)c3cnc4[nH]ncc4c3)cc2)c(Cl)c1. The Morgan fingerprint density at radius 1 is 0.740 bits per heavy atom. The lowest BCUT2D eigenvalue weighted by Crippen LogP contribution is -2.30. The molecule has 0 unspecified atom stereocenters. The quantitative estimate of drug-likeness (QED) is 0.158. The maximum absolute atomic E-state index is 14.0. The number of ether oxygens (including phenoxy) is 1. The molecule has 1 N–H and O–H groups in total. The Bertz CT molecular complexity index is 2460. The standard InChI is InChI=1S/C37H33ClN4O6S2/c1-23-15-25(3)35(16-24(23)2)50(46,47)32-12-7-27(8-13-32)22-42(37(43)29-17-28-20-40-41-36(28)39-19-29)21-26-5-10-31(11-6-26)49(44,45)34-14-9-30(48-4)18-33(34)38/h5-20H,21-22H2,1-4H3,(H,39,40,41). The minimum atomic E-state index is -3.94. The lowest BCUT2D eigenvalue weighted by Gasteiger charge is -2.23. The summed E-state index contributed by atoms with van der Waals surface area (Å²) in [4.78, 5) is 20.3. The number of hydrogen-bond acceptors (Lipinski definition) is 8. The smallest absolute Gasteiger partial charge is 0.256 e. The molecule has 0 aliphatic heterocycles. The maximum atomic E-state index is 14.0. The van der Waals surface area contributed by atoms with E-state index >= 15 is 0 Å². The number of aryl methyl sites for hydroxylation is 3. The summed E-state index contributed by atoms with van der Waals surface area (Å²) in [7, 11) is -6.26. The number of halogens is 1. The number of fused-ring (bicyclic) bond motifs is 1. The highest BCUT2D eigenvalue weighted by atomic mass is 35.5. The molecule has 0 saturated carbocycles. The molecule has 10 nitrogen and oxygen atoms in total. The molecule has 0 fully saturated rings. The first-order chi connectivity index (χ1) is 23.8. The first-order valence-electron chi connectivity index (χ1n) is 15.5. The molecular weight excluding hydrogens is 696 g/mol. The van der Waals surface area contributed by atoms with E-state index in [0.29, 0.717) is 39.0 Å². The summed E-state index contributed by atoms with van der Waals surface area (Å²) in [5.41, 5.74) is 4.80. The fourth-order valence-corrected chi connectivity index (χ4v) is 8.98. The van der Waals surface area contributed by atoms with Crippen molar-refractivity contribution in [2.24, 2.45) is 0 Å². The van der Waals surface area contributed by atoms with Gasteiger partial charge in [-0.3, -0.25) is 9.89 Å². The number of pyridine rings is 1. The lowest BCUT2D eigenvalue weighted by atomic mass is 10.1. The predicted octanol–water partition coefficient (Wildman–Crippen LogP) is 7.05. The van der Waals surface area contributed by atoms with Crippen LogP contribution >= 0.6 is 11.6 Å². The van der Waals surface area contributed by atoms with Crippen LogP contribution in [0.3, 0.4) is 0 Å². The predicted molar refractivity (Wildman–Crippen MR) is 190 cm³/mol. The van der Waals surface area contributed by atoms with Gasteiger partial charge >= 0.3 is 0 Å². The molecule has 6 aromatic rings. The highest BCUT2D eigenvalue weighted by Gasteiger charge is 2.24. The number of amides is 1. The maximum Gasteiger partial charge on any atom is 0.256 e. The van der Waals surface area contributed by atoms with Gasteiger partial charge in [-0.2, -0.15) is 5.10 Å². The fourth-order valence-electron chi connectivity index (χ4n) is 5.63. The summed E-state index contributed by atoms with van der Waals surface area (Å²) < 4.78 is 59.1. The van der Waals surface area contributed by atoms with Gasteiger partial charge in [0.1, 0.15) is 5.75 Å². The van der Waals surface area contributed by atoms with Crippen LogP contribution in [0.15, 0.2) is 117 Å². The Labute approximate surface area is 295 Å². The number of aromatic nitrogens is 3. The minimum Gasteiger partial charge on any atom is -0.497 e. The normalized spacial score (nSPS) is 11.9. The number of nitrogens with one attached hydrogen (secondary N) is 1. The van der Waals surface area contributed by atoms with Crippen LogP contribution in [0.2, 0.25) is 5.02 Å². The van der Waals surface area contributed by atoms with Gasteiger partial charge in [0.05, 0.1) is 43.5 Å². The van der Waals surface area contributed by atoms with Crippen molar-refractivity contribution in [2.45, 2.75) is 53.4 Å². The zero-order valence-corrected chi connectivity index (χ0v) is 30.0. The summed E-state index contributed by atoms with van der Waals surface area (Å²) in [5, 5.41) is 7.46. The molecule has 4 aromatic carbocycles. The monoisotopic (exact) mass is 728 g/mol. The molecule has 50 heavy (non-hydrogen) atoms. The van der Waals surface area contributed by atoms with E-state index in [-0.39, 0.29) is 43.6 Å². The first kappa shape index (κ1) is 34.8. The molecule has 2 aromatic heterocycles. The Morgan fingerprint density at radius 3 is 1.90 bits per heavy atom. The number of carbonyl (C=O) groups excluding carboxylic acids is 1. The molecule has 6 rings (SSSR count). The number of H-pyrrole nitrogens is 1. The van der Waals surface area contributed by atoms with Crippen LogP contribution in [0.5, 0.6) is 5.75 Å².